The lowest BCUT2D eigenvalue weighted by Gasteiger charge is -2.04. The first-order chi connectivity index (χ1) is 7.61. The molecule has 7 heteroatoms. The van der Waals surface area contributed by atoms with Crippen LogP contribution in [-0.4, -0.2) is 21.1 Å². The average molecular weight is 277 g/mol. The van der Waals surface area contributed by atoms with E-state index < -0.39 is 0 Å². The van der Waals surface area contributed by atoms with E-state index in [9.17, 15) is 4.79 Å². The third-order valence-corrected chi connectivity index (χ3v) is 2.49. The summed E-state index contributed by atoms with van der Waals surface area (Å²) in [5.74, 6) is 0.306. The molecule has 0 spiro atoms. The van der Waals surface area contributed by atoms with Crippen LogP contribution in [0.3, 0.4) is 0 Å². The number of halogens is 3. The van der Waals surface area contributed by atoms with E-state index in [0.717, 1.165) is 0 Å². The highest BCUT2D eigenvalue weighted by atomic mass is 35.5. The number of hydrogen-bond acceptors (Lipinski definition) is 3. The van der Waals surface area contributed by atoms with Gasteiger partial charge in [-0.3, -0.25) is 4.79 Å². The molecule has 2 heterocycles. The molecule has 0 unspecified atom stereocenters. The largest absolute Gasteiger partial charge is 0.296 e. The molecule has 82 valence electrons. The van der Waals surface area contributed by atoms with Crippen molar-refractivity contribution in [2.75, 3.05) is 0 Å². The van der Waals surface area contributed by atoms with Gasteiger partial charge in [0.2, 0.25) is 0 Å². The molecule has 0 aliphatic heterocycles. The summed E-state index contributed by atoms with van der Waals surface area (Å²) in [5.41, 5.74) is 0.265. The molecule has 4 nitrogen and oxygen atoms in total. The van der Waals surface area contributed by atoms with E-state index >= 15 is 0 Å². The number of nitrogens with zero attached hydrogens (tertiary/aromatic N) is 3. The minimum Gasteiger partial charge on any atom is -0.296 e. The van der Waals surface area contributed by atoms with Gasteiger partial charge in [0.05, 0.1) is 10.0 Å². The number of pyridine rings is 1. The number of carbonyl (C=O) groups excluding carboxylic acids is 1. The average Bonchev–Trinajstić information content (AvgIpc) is 2.59. The molecule has 0 aliphatic carbocycles. The van der Waals surface area contributed by atoms with Crippen molar-refractivity contribution in [3.8, 4) is 5.82 Å². The zero-order valence-electron chi connectivity index (χ0n) is 7.69. The van der Waals surface area contributed by atoms with Gasteiger partial charge in [0.25, 0.3) is 0 Å². The Balaban J connectivity index is 2.62. The highest BCUT2D eigenvalue weighted by Gasteiger charge is 2.12. The predicted molar refractivity (Wildman–Crippen MR) is 61.8 cm³/mol. The Morgan fingerprint density at radius 2 is 2.00 bits per heavy atom. The molecule has 2 aromatic heterocycles. The zero-order chi connectivity index (χ0) is 11.7. The Kier molecular flexibility index (Phi) is 3.14. The van der Waals surface area contributed by atoms with Crippen molar-refractivity contribution >= 4 is 41.1 Å². The molecule has 0 fully saturated rings. The van der Waals surface area contributed by atoms with E-state index in [-0.39, 0.29) is 15.9 Å². The van der Waals surface area contributed by atoms with Crippen LogP contribution in [-0.2, 0) is 0 Å². The fraction of sp³-hybridized carbons (Fsp3) is 0. The van der Waals surface area contributed by atoms with Gasteiger partial charge >= 0.3 is 0 Å². The summed E-state index contributed by atoms with van der Waals surface area (Å²) in [7, 11) is 0. The second-order valence-corrected chi connectivity index (χ2v) is 4.11. The first-order valence-electron chi connectivity index (χ1n) is 4.14. The Morgan fingerprint density at radius 3 is 2.62 bits per heavy atom. The Morgan fingerprint density at radius 1 is 1.25 bits per heavy atom. The van der Waals surface area contributed by atoms with Crippen LogP contribution in [0, 0.1) is 0 Å². The van der Waals surface area contributed by atoms with Crippen molar-refractivity contribution in [2.24, 2.45) is 0 Å². The third kappa shape index (κ3) is 2.04. The van der Waals surface area contributed by atoms with Gasteiger partial charge in [0.15, 0.2) is 17.3 Å². The van der Waals surface area contributed by atoms with Crippen molar-refractivity contribution in [2.45, 2.75) is 0 Å². The van der Waals surface area contributed by atoms with Crippen molar-refractivity contribution in [1.29, 1.82) is 0 Å². The van der Waals surface area contributed by atoms with Crippen LogP contribution in [0.1, 0.15) is 10.5 Å². The molecule has 0 aromatic carbocycles. The summed E-state index contributed by atoms with van der Waals surface area (Å²) in [6.45, 7) is 0. The molecule has 0 atom stereocenters. The molecule has 0 saturated carbocycles. The van der Waals surface area contributed by atoms with Gasteiger partial charge < -0.3 is 0 Å². The summed E-state index contributed by atoms with van der Waals surface area (Å²) in [5, 5.41) is 4.78. The molecule has 0 radical (unpaired) electrons. The fourth-order valence-corrected chi connectivity index (χ4v) is 1.83. The standard InChI is InChI=1S/C9H4Cl3N3O/c10-5-1-7(11)9(13-3-5)15-6(4-16)2-8(12)14-15/h1-4H. The van der Waals surface area contributed by atoms with Crippen LogP contribution >= 0.6 is 34.8 Å². The van der Waals surface area contributed by atoms with Gasteiger partial charge in [-0.1, -0.05) is 34.8 Å². The van der Waals surface area contributed by atoms with Crippen LogP contribution in [0.5, 0.6) is 0 Å². The lowest BCUT2D eigenvalue weighted by atomic mass is 10.4. The third-order valence-electron chi connectivity index (χ3n) is 1.82. The molecule has 0 aliphatic rings. The minimum atomic E-state index is 0.190. The van der Waals surface area contributed by atoms with Crippen LogP contribution in [0.15, 0.2) is 18.3 Å². The van der Waals surface area contributed by atoms with E-state index in [1.807, 2.05) is 0 Å². The first-order valence-corrected chi connectivity index (χ1v) is 5.27. The molecule has 0 bridgehead atoms. The number of aldehydes is 1. The van der Waals surface area contributed by atoms with Gasteiger partial charge in [0, 0.05) is 12.3 Å². The van der Waals surface area contributed by atoms with Crippen molar-refractivity contribution in [3.63, 3.8) is 0 Å². The van der Waals surface area contributed by atoms with Crippen molar-refractivity contribution < 1.29 is 4.79 Å². The topological polar surface area (TPSA) is 47.8 Å². The van der Waals surface area contributed by atoms with Crippen LogP contribution < -0.4 is 0 Å². The fourth-order valence-electron chi connectivity index (χ4n) is 1.18. The number of hydrogen-bond donors (Lipinski definition) is 0. The molecule has 0 N–H and O–H groups in total. The van der Waals surface area contributed by atoms with Gasteiger partial charge in [-0.05, 0) is 6.07 Å². The van der Waals surface area contributed by atoms with Crippen LogP contribution in [0.4, 0.5) is 0 Å². The Bertz CT molecular complexity index is 553. The van der Waals surface area contributed by atoms with Gasteiger partial charge in [-0.15, -0.1) is 0 Å². The lowest BCUT2D eigenvalue weighted by molar-refractivity contribution is 0.111. The van der Waals surface area contributed by atoms with Crippen LogP contribution in [0.2, 0.25) is 15.2 Å². The number of carbonyl (C=O) groups is 1. The molecule has 0 saturated heterocycles. The lowest BCUT2D eigenvalue weighted by Crippen LogP contribution is -2.04. The second-order valence-electron chi connectivity index (χ2n) is 2.88. The highest BCUT2D eigenvalue weighted by Crippen LogP contribution is 2.23. The number of aromatic nitrogens is 3. The SMILES string of the molecule is O=Cc1cc(Cl)nn1-c1ncc(Cl)cc1Cl. The van der Waals surface area contributed by atoms with Crippen molar-refractivity contribution in [1.82, 2.24) is 14.8 Å². The van der Waals surface area contributed by atoms with Gasteiger partial charge in [-0.25, -0.2) is 9.67 Å². The van der Waals surface area contributed by atoms with Crippen molar-refractivity contribution in [3.05, 3.63) is 39.2 Å². The van der Waals surface area contributed by atoms with E-state index in [1.165, 1.54) is 23.0 Å². The Labute approximate surface area is 106 Å². The molecule has 0 amide bonds. The maximum Gasteiger partial charge on any atom is 0.173 e. The smallest absolute Gasteiger partial charge is 0.173 e. The second kappa shape index (κ2) is 4.41. The molecule has 2 rings (SSSR count). The maximum atomic E-state index is 10.8. The minimum absolute atomic E-state index is 0.190. The summed E-state index contributed by atoms with van der Waals surface area (Å²) in [4.78, 5) is 14.8. The highest BCUT2D eigenvalue weighted by molar-refractivity contribution is 6.35. The van der Waals surface area contributed by atoms with E-state index in [0.29, 0.717) is 17.1 Å². The Hall–Kier alpha value is -1.10. The molecular weight excluding hydrogens is 272 g/mol. The van der Waals surface area contributed by atoms with Gasteiger partial charge in [-0.2, -0.15) is 5.10 Å². The molecular formula is C9H4Cl3N3O. The summed E-state index contributed by atoms with van der Waals surface area (Å²) < 4.78 is 1.26. The monoisotopic (exact) mass is 275 g/mol. The normalized spacial score (nSPS) is 10.4. The van der Waals surface area contributed by atoms with Crippen LogP contribution in [0.25, 0.3) is 5.82 Å². The number of rotatable bonds is 2. The van der Waals surface area contributed by atoms with E-state index in [2.05, 4.69) is 10.1 Å². The molecule has 2 aromatic rings. The predicted octanol–water partition coefficient (Wildman–Crippen LogP) is 3.04. The quantitative estimate of drug-likeness (QED) is 0.792. The van der Waals surface area contributed by atoms with E-state index in [1.54, 1.807) is 0 Å². The summed E-state index contributed by atoms with van der Waals surface area (Å²) in [6.07, 6.45) is 2.03. The first kappa shape index (κ1) is 11.4. The summed E-state index contributed by atoms with van der Waals surface area (Å²) in [6, 6.07) is 2.93. The maximum absolute atomic E-state index is 10.8. The zero-order valence-corrected chi connectivity index (χ0v) is 9.96. The molecule has 16 heavy (non-hydrogen) atoms. The summed E-state index contributed by atoms with van der Waals surface area (Å²) >= 11 is 17.3. The van der Waals surface area contributed by atoms with E-state index in [4.69, 9.17) is 34.8 Å². The van der Waals surface area contributed by atoms with Gasteiger partial charge in [0.1, 0.15) is 5.69 Å².